The highest BCUT2D eigenvalue weighted by molar-refractivity contribution is 5.47. The van der Waals surface area contributed by atoms with Crippen molar-refractivity contribution >= 4 is 0 Å². The van der Waals surface area contributed by atoms with E-state index in [0.717, 1.165) is 11.5 Å². The summed E-state index contributed by atoms with van der Waals surface area (Å²) in [5, 5.41) is 9.89. The molecule has 2 rings (SSSR count). The third kappa shape index (κ3) is 2.00. The maximum absolute atomic E-state index is 9.89. The Balaban J connectivity index is 2.31. The van der Waals surface area contributed by atoms with Gasteiger partial charge in [-0.05, 0) is 51.0 Å². The number of fused-ring (bicyclic) bond motifs is 1. The minimum Gasteiger partial charge on any atom is -0.486 e. The SMILES string of the molecule is Cc1cc2c(cc1C)OC(C(C)(C)O)CO2. The molecule has 1 aromatic carbocycles. The first-order chi connectivity index (χ1) is 7.38. The van der Waals surface area contributed by atoms with Gasteiger partial charge in [0.25, 0.3) is 0 Å². The molecule has 1 unspecified atom stereocenters. The van der Waals surface area contributed by atoms with Crippen molar-refractivity contribution in [2.75, 3.05) is 6.61 Å². The van der Waals surface area contributed by atoms with Gasteiger partial charge in [-0.1, -0.05) is 0 Å². The molecule has 0 bridgehead atoms. The summed E-state index contributed by atoms with van der Waals surface area (Å²) in [6, 6.07) is 3.94. The highest BCUT2D eigenvalue weighted by Crippen LogP contribution is 2.36. The van der Waals surface area contributed by atoms with E-state index in [9.17, 15) is 5.11 Å². The molecule has 0 spiro atoms. The van der Waals surface area contributed by atoms with Crippen LogP contribution >= 0.6 is 0 Å². The van der Waals surface area contributed by atoms with Crippen LogP contribution in [0.4, 0.5) is 0 Å². The molecule has 1 atom stereocenters. The number of ether oxygens (including phenoxy) is 2. The van der Waals surface area contributed by atoms with Gasteiger partial charge < -0.3 is 14.6 Å². The van der Waals surface area contributed by atoms with Gasteiger partial charge in [0.15, 0.2) is 17.6 Å². The van der Waals surface area contributed by atoms with Gasteiger partial charge in [0.1, 0.15) is 6.61 Å². The first kappa shape index (κ1) is 11.3. The predicted molar refractivity (Wildman–Crippen MR) is 62.1 cm³/mol. The average Bonchev–Trinajstić information content (AvgIpc) is 2.17. The zero-order valence-corrected chi connectivity index (χ0v) is 10.2. The van der Waals surface area contributed by atoms with Gasteiger partial charge >= 0.3 is 0 Å². The van der Waals surface area contributed by atoms with Crippen LogP contribution in [0.3, 0.4) is 0 Å². The molecule has 0 amide bonds. The average molecular weight is 222 g/mol. The van der Waals surface area contributed by atoms with Crippen LogP contribution in [-0.2, 0) is 0 Å². The van der Waals surface area contributed by atoms with E-state index in [0.29, 0.717) is 6.61 Å². The number of hydrogen-bond acceptors (Lipinski definition) is 3. The molecule has 0 saturated heterocycles. The Morgan fingerprint density at radius 1 is 1.19 bits per heavy atom. The van der Waals surface area contributed by atoms with E-state index in [1.54, 1.807) is 13.8 Å². The van der Waals surface area contributed by atoms with Crippen LogP contribution in [0.2, 0.25) is 0 Å². The lowest BCUT2D eigenvalue weighted by Gasteiger charge is -2.34. The summed E-state index contributed by atoms with van der Waals surface area (Å²) in [5.41, 5.74) is 1.46. The molecular weight excluding hydrogens is 204 g/mol. The predicted octanol–water partition coefficient (Wildman–Crippen LogP) is 2.21. The monoisotopic (exact) mass is 222 g/mol. The van der Waals surface area contributed by atoms with Gasteiger partial charge in [0, 0.05) is 0 Å². The lowest BCUT2D eigenvalue weighted by Crippen LogP contribution is -2.46. The van der Waals surface area contributed by atoms with E-state index in [1.807, 2.05) is 26.0 Å². The van der Waals surface area contributed by atoms with Crippen molar-refractivity contribution in [2.45, 2.75) is 39.4 Å². The summed E-state index contributed by atoms with van der Waals surface area (Å²) >= 11 is 0. The number of rotatable bonds is 1. The standard InChI is InChI=1S/C13H18O3/c1-8-5-10-11(6-9(8)2)16-12(7-15-10)13(3,4)14/h5-6,12,14H,7H2,1-4H3. The highest BCUT2D eigenvalue weighted by Gasteiger charge is 2.33. The van der Waals surface area contributed by atoms with Gasteiger partial charge in [-0.15, -0.1) is 0 Å². The van der Waals surface area contributed by atoms with E-state index >= 15 is 0 Å². The molecule has 16 heavy (non-hydrogen) atoms. The fraction of sp³-hybridized carbons (Fsp3) is 0.538. The van der Waals surface area contributed by atoms with Crippen LogP contribution in [0.1, 0.15) is 25.0 Å². The Labute approximate surface area is 96.0 Å². The van der Waals surface area contributed by atoms with E-state index < -0.39 is 5.60 Å². The van der Waals surface area contributed by atoms with Gasteiger partial charge in [0.05, 0.1) is 5.60 Å². The van der Waals surface area contributed by atoms with Crippen LogP contribution in [-0.4, -0.2) is 23.4 Å². The van der Waals surface area contributed by atoms with Crippen LogP contribution in [0.15, 0.2) is 12.1 Å². The third-order valence-electron chi connectivity index (χ3n) is 3.01. The van der Waals surface area contributed by atoms with Gasteiger partial charge in [-0.2, -0.15) is 0 Å². The van der Waals surface area contributed by atoms with E-state index in [-0.39, 0.29) is 6.10 Å². The summed E-state index contributed by atoms with van der Waals surface area (Å²) in [5.74, 6) is 1.49. The Hall–Kier alpha value is -1.22. The van der Waals surface area contributed by atoms with Crippen LogP contribution in [0.25, 0.3) is 0 Å². The van der Waals surface area contributed by atoms with Crippen molar-refractivity contribution < 1.29 is 14.6 Å². The van der Waals surface area contributed by atoms with Crippen LogP contribution in [0, 0.1) is 13.8 Å². The third-order valence-corrected chi connectivity index (χ3v) is 3.01. The van der Waals surface area contributed by atoms with E-state index in [4.69, 9.17) is 9.47 Å². The highest BCUT2D eigenvalue weighted by atomic mass is 16.6. The summed E-state index contributed by atoms with van der Waals surface area (Å²) < 4.78 is 11.4. The van der Waals surface area contributed by atoms with Crippen molar-refractivity contribution in [3.63, 3.8) is 0 Å². The maximum Gasteiger partial charge on any atom is 0.162 e. The molecule has 1 heterocycles. The lowest BCUT2D eigenvalue weighted by molar-refractivity contribution is -0.0653. The minimum atomic E-state index is -0.892. The summed E-state index contributed by atoms with van der Waals surface area (Å²) in [6.07, 6.45) is -0.317. The Kier molecular flexibility index (Phi) is 2.58. The van der Waals surface area contributed by atoms with Crippen molar-refractivity contribution in [3.8, 4) is 11.5 Å². The van der Waals surface area contributed by atoms with Crippen molar-refractivity contribution in [1.82, 2.24) is 0 Å². The smallest absolute Gasteiger partial charge is 0.162 e. The first-order valence-electron chi connectivity index (χ1n) is 5.51. The van der Waals surface area contributed by atoms with Gasteiger partial charge in [-0.3, -0.25) is 0 Å². The first-order valence-corrected chi connectivity index (χ1v) is 5.51. The Morgan fingerprint density at radius 3 is 2.31 bits per heavy atom. The number of benzene rings is 1. The molecule has 0 aliphatic carbocycles. The molecule has 1 aliphatic heterocycles. The van der Waals surface area contributed by atoms with Crippen LogP contribution < -0.4 is 9.47 Å². The molecule has 0 saturated carbocycles. The molecule has 1 N–H and O–H groups in total. The molecule has 0 fully saturated rings. The molecule has 88 valence electrons. The zero-order valence-electron chi connectivity index (χ0n) is 10.2. The lowest BCUT2D eigenvalue weighted by atomic mass is 10.0. The molecular formula is C13H18O3. The van der Waals surface area contributed by atoms with E-state index in [1.165, 1.54) is 11.1 Å². The second kappa shape index (κ2) is 3.67. The largest absolute Gasteiger partial charge is 0.486 e. The summed E-state index contributed by atoms with van der Waals surface area (Å²) in [4.78, 5) is 0. The second-order valence-electron chi connectivity index (χ2n) is 4.95. The van der Waals surface area contributed by atoms with Gasteiger partial charge in [0.2, 0.25) is 0 Å². The quantitative estimate of drug-likeness (QED) is 0.791. The van der Waals surface area contributed by atoms with Crippen molar-refractivity contribution in [3.05, 3.63) is 23.3 Å². The van der Waals surface area contributed by atoms with Gasteiger partial charge in [-0.25, -0.2) is 0 Å². The molecule has 1 aromatic rings. The van der Waals surface area contributed by atoms with E-state index in [2.05, 4.69) is 0 Å². The normalized spacial score (nSPS) is 19.7. The summed E-state index contributed by atoms with van der Waals surface area (Å²) in [6.45, 7) is 7.92. The van der Waals surface area contributed by atoms with Crippen molar-refractivity contribution in [1.29, 1.82) is 0 Å². The van der Waals surface area contributed by atoms with Crippen molar-refractivity contribution in [2.24, 2.45) is 0 Å². The number of aliphatic hydroxyl groups is 1. The minimum absolute atomic E-state index is 0.317. The molecule has 1 aliphatic rings. The Bertz CT molecular complexity index is 404. The maximum atomic E-state index is 9.89. The molecule has 3 nitrogen and oxygen atoms in total. The fourth-order valence-corrected chi connectivity index (χ4v) is 1.67. The molecule has 0 aromatic heterocycles. The topological polar surface area (TPSA) is 38.7 Å². The Morgan fingerprint density at radius 2 is 1.75 bits per heavy atom. The zero-order chi connectivity index (χ0) is 11.9. The number of hydrogen-bond donors (Lipinski definition) is 1. The number of aryl methyl sites for hydroxylation is 2. The second-order valence-corrected chi connectivity index (χ2v) is 4.95. The van der Waals surface area contributed by atoms with Crippen LogP contribution in [0.5, 0.6) is 11.5 Å². The summed E-state index contributed by atoms with van der Waals surface area (Å²) in [7, 11) is 0. The molecule has 0 radical (unpaired) electrons. The molecule has 3 heteroatoms. The fourth-order valence-electron chi connectivity index (χ4n) is 1.67.